The van der Waals surface area contributed by atoms with Crippen LogP contribution in [0.2, 0.25) is 39.3 Å². The van der Waals surface area contributed by atoms with Crippen LogP contribution in [-0.4, -0.2) is 16.6 Å². The molecular weight excluding hydrogens is 388 g/mol. The lowest BCUT2D eigenvalue weighted by atomic mass is 9.46. The SMILES string of the molecule is C[C@]12CCC3C(CC[C@H]4C=C(O[Si](C)(C)C)CC[C@]34C)C1CC=C2O[Si](C)(C)C. The number of allylic oxidation sites excluding steroid dienone is 4. The predicted octanol–water partition coefficient (Wildman–Crippen LogP) is 7.72. The van der Waals surface area contributed by atoms with E-state index in [-0.39, 0.29) is 0 Å². The van der Waals surface area contributed by atoms with Crippen LogP contribution in [0.15, 0.2) is 23.7 Å². The zero-order valence-corrected chi connectivity index (χ0v) is 22.2. The van der Waals surface area contributed by atoms with E-state index in [1.54, 1.807) is 0 Å². The maximum absolute atomic E-state index is 6.62. The summed E-state index contributed by atoms with van der Waals surface area (Å²) in [5, 5.41) is 0. The lowest BCUT2D eigenvalue weighted by molar-refractivity contribution is -0.0844. The van der Waals surface area contributed by atoms with Gasteiger partial charge in [0.15, 0.2) is 0 Å². The predicted molar refractivity (Wildman–Crippen MR) is 128 cm³/mol. The minimum absolute atomic E-state index is 0.293. The molecule has 0 aromatic carbocycles. The summed E-state index contributed by atoms with van der Waals surface area (Å²) in [6, 6.07) is 0. The molecule has 4 aliphatic rings. The molecule has 0 N–H and O–H groups in total. The summed E-state index contributed by atoms with van der Waals surface area (Å²) in [7, 11) is -3.05. The van der Waals surface area contributed by atoms with E-state index in [0.29, 0.717) is 10.8 Å². The first-order valence-corrected chi connectivity index (χ1v) is 18.9. The van der Waals surface area contributed by atoms with Crippen LogP contribution < -0.4 is 0 Å². The van der Waals surface area contributed by atoms with Gasteiger partial charge in [-0.05, 0) is 119 Å². The molecule has 0 spiro atoms. The summed E-state index contributed by atoms with van der Waals surface area (Å²) in [5.41, 5.74) is 0.764. The fourth-order valence-electron chi connectivity index (χ4n) is 7.32. The Hall–Kier alpha value is -0.486. The largest absolute Gasteiger partial charge is 0.548 e. The number of hydrogen-bond acceptors (Lipinski definition) is 2. The Morgan fingerprint density at radius 1 is 0.862 bits per heavy atom. The van der Waals surface area contributed by atoms with Crippen molar-refractivity contribution in [3.63, 3.8) is 0 Å². The fourth-order valence-corrected chi connectivity index (χ4v) is 9.26. The molecule has 4 aliphatic carbocycles. The molecule has 4 heteroatoms. The van der Waals surface area contributed by atoms with Crippen molar-refractivity contribution in [2.75, 3.05) is 0 Å². The smallest absolute Gasteiger partial charge is 0.241 e. The van der Waals surface area contributed by atoms with Gasteiger partial charge in [0.05, 0.1) is 11.5 Å². The Morgan fingerprint density at radius 3 is 2.21 bits per heavy atom. The van der Waals surface area contributed by atoms with Gasteiger partial charge < -0.3 is 8.85 Å². The molecule has 4 rings (SSSR count). The Morgan fingerprint density at radius 2 is 1.55 bits per heavy atom. The molecule has 0 aromatic heterocycles. The second-order valence-electron chi connectivity index (χ2n) is 12.9. The van der Waals surface area contributed by atoms with E-state index in [4.69, 9.17) is 8.85 Å². The molecule has 29 heavy (non-hydrogen) atoms. The van der Waals surface area contributed by atoms with Gasteiger partial charge >= 0.3 is 0 Å². The second kappa shape index (κ2) is 7.01. The van der Waals surface area contributed by atoms with Gasteiger partial charge in [0.1, 0.15) is 0 Å². The van der Waals surface area contributed by atoms with Crippen molar-refractivity contribution in [2.24, 2.45) is 34.5 Å². The average molecular weight is 433 g/mol. The van der Waals surface area contributed by atoms with Crippen LogP contribution in [0.3, 0.4) is 0 Å². The highest BCUT2D eigenvalue weighted by molar-refractivity contribution is 6.70. The van der Waals surface area contributed by atoms with Crippen LogP contribution in [0, 0.1) is 34.5 Å². The van der Waals surface area contributed by atoms with Crippen LogP contribution in [0.1, 0.15) is 58.8 Å². The van der Waals surface area contributed by atoms with Crippen molar-refractivity contribution in [2.45, 2.75) is 98.1 Å². The monoisotopic (exact) mass is 432 g/mol. The summed E-state index contributed by atoms with van der Waals surface area (Å²) < 4.78 is 13.1. The molecule has 0 amide bonds. The highest BCUT2D eigenvalue weighted by Crippen LogP contribution is 2.66. The quantitative estimate of drug-likeness (QED) is 0.423. The van der Waals surface area contributed by atoms with Crippen molar-refractivity contribution in [3.05, 3.63) is 23.7 Å². The first-order chi connectivity index (χ1) is 13.3. The maximum Gasteiger partial charge on any atom is 0.241 e. The molecule has 6 atom stereocenters. The molecule has 2 fully saturated rings. The van der Waals surface area contributed by atoms with E-state index in [9.17, 15) is 0 Å². The summed E-state index contributed by atoms with van der Waals surface area (Å²) in [6.45, 7) is 19.1. The van der Waals surface area contributed by atoms with Gasteiger partial charge in [0.25, 0.3) is 0 Å². The second-order valence-corrected chi connectivity index (χ2v) is 21.7. The van der Waals surface area contributed by atoms with Crippen LogP contribution in [-0.2, 0) is 8.85 Å². The maximum atomic E-state index is 6.62. The molecule has 0 bridgehead atoms. The standard InChI is InChI=1S/C25H44O2Si2/c1-24-15-13-19(26-28(3,4)5)17-18(24)9-10-20-21-11-12-23(27-29(6,7)8)25(21,2)16-14-22(20)24/h12,17-18,20-22H,9-11,13-16H2,1-8H3/t18-,20?,21?,22?,24-,25-/m0/s1. The van der Waals surface area contributed by atoms with Gasteiger partial charge in [-0.25, -0.2) is 0 Å². The lowest BCUT2D eigenvalue weighted by Gasteiger charge is -2.59. The van der Waals surface area contributed by atoms with E-state index < -0.39 is 16.6 Å². The highest BCUT2D eigenvalue weighted by atomic mass is 28.4. The molecule has 2 nitrogen and oxygen atoms in total. The molecule has 0 heterocycles. The lowest BCUT2D eigenvalue weighted by Crippen LogP contribution is -2.52. The van der Waals surface area contributed by atoms with Crippen LogP contribution in [0.5, 0.6) is 0 Å². The van der Waals surface area contributed by atoms with E-state index in [0.717, 1.165) is 30.1 Å². The van der Waals surface area contributed by atoms with Crippen LogP contribution >= 0.6 is 0 Å². The number of rotatable bonds is 4. The van der Waals surface area contributed by atoms with E-state index in [2.05, 4.69) is 65.3 Å². The van der Waals surface area contributed by atoms with Gasteiger partial charge in [-0.2, -0.15) is 0 Å². The van der Waals surface area contributed by atoms with Crippen molar-refractivity contribution in [1.82, 2.24) is 0 Å². The van der Waals surface area contributed by atoms with Gasteiger partial charge in [-0.15, -0.1) is 0 Å². The van der Waals surface area contributed by atoms with Gasteiger partial charge in [0, 0.05) is 11.8 Å². The van der Waals surface area contributed by atoms with Gasteiger partial charge in [-0.1, -0.05) is 13.8 Å². The van der Waals surface area contributed by atoms with Crippen molar-refractivity contribution >= 4 is 16.6 Å². The average Bonchev–Trinajstić information content (AvgIpc) is 2.89. The molecular formula is C25H44O2Si2. The highest BCUT2D eigenvalue weighted by Gasteiger charge is 2.58. The minimum atomic E-state index is -1.55. The first-order valence-electron chi connectivity index (χ1n) is 12.1. The molecule has 2 saturated carbocycles. The Labute approximate surface area is 181 Å². The van der Waals surface area contributed by atoms with Gasteiger partial charge in [0.2, 0.25) is 16.6 Å². The molecule has 3 unspecified atom stereocenters. The summed E-state index contributed by atoms with van der Waals surface area (Å²) >= 11 is 0. The third-order valence-electron chi connectivity index (χ3n) is 8.60. The summed E-state index contributed by atoms with van der Waals surface area (Å²) in [5.74, 6) is 5.96. The normalized spacial score (nSPS) is 42.2. The number of fused-ring (bicyclic) bond motifs is 5. The van der Waals surface area contributed by atoms with Crippen LogP contribution in [0.4, 0.5) is 0 Å². The number of hydrogen-bond donors (Lipinski definition) is 0. The van der Waals surface area contributed by atoms with E-state index in [1.165, 1.54) is 50.0 Å². The van der Waals surface area contributed by atoms with Crippen LogP contribution in [0.25, 0.3) is 0 Å². The van der Waals surface area contributed by atoms with Gasteiger partial charge in [-0.3, -0.25) is 0 Å². The molecule has 0 radical (unpaired) electrons. The topological polar surface area (TPSA) is 18.5 Å². The Kier molecular flexibility index (Phi) is 5.26. The fraction of sp³-hybridized carbons (Fsp3) is 0.840. The first kappa shape index (κ1) is 21.7. The Bertz CT molecular complexity index is 713. The van der Waals surface area contributed by atoms with Crippen molar-refractivity contribution in [1.29, 1.82) is 0 Å². The zero-order valence-electron chi connectivity index (χ0n) is 20.2. The Balaban J connectivity index is 1.54. The summed E-state index contributed by atoms with van der Waals surface area (Å²) in [4.78, 5) is 0. The molecule has 0 aliphatic heterocycles. The third-order valence-corrected chi connectivity index (χ3v) is 10.3. The molecule has 0 saturated heterocycles. The third kappa shape index (κ3) is 3.93. The van der Waals surface area contributed by atoms with E-state index >= 15 is 0 Å². The van der Waals surface area contributed by atoms with Crippen molar-refractivity contribution < 1.29 is 8.85 Å². The van der Waals surface area contributed by atoms with Crippen molar-refractivity contribution in [3.8, 4) is 0 Å². The molecule has 0 aromatic rings. The zero-order chi connectivity index (χ0) is 21.2. The summed E-state index contributed by atoms with van der Waals surface area (Å²) in [6.07, 6.45) is 14.2. The molecule has 164 valence electrons. The minimum Gasteiger partial charge on any atom is -0.548 e. The van der Waals surface area contributed by atoms with E-state index in [1.807, 2.05) is 0 Å².